The van der Waals surface area contributed by atoms with E-state index in [1.165, 1.54) is 25.7 Å². The number of rotatable bonds is 11. The van der Waals surface area contributed by atoms with Crippen molar-refractivity contribution in [2.45, 2.75) is 57.6 Å². The zero-order chi connectivity index (χ0) is 13.9. The van der Waals surface area contributed by atoms with Gasteiger partial charge < -0.3 is 20.1 Å². The lowest BCUT2D eigenvalue weighted by molar-refractivity contribution is 0.0357. The van der Waals surface area contributed by atoms with Crippen LogP contribution in [0.3, 0.4) is 0 Å². The predicted molar refractivity (Wildman–Crippen MR) is 79.5 cm³/mol. The zero-order valence-corrected chi connectivity index (χ0v) is 12.7. The second-order valence-corrected chi connectivity index (χ2v) is 5.71. The van der Waals surface area contributed by atoms with Crippen LogP contribution >= 0.6 is 0 Å². The number of ether oxygens (including phenoxy) is 1. The second-order valence-electron chi connectivity index (χ2n) is 5.71. The Labute approximate surface area is 118 Å². The molecule has 0 aromatic heterocycles. The summed E-state index contributed by atoms with van der Waals surface area (Å²) in [5.74, 6) is 0. The molecule has 1 fully saturated rings. The van der Waals surface area contributed by atoms with Crippen molar-refractivity contribution in [3.8, 4) is 0 Å². The monoisotopic (exact) mass is 272 g/mol. The van der Waals surface area contributed by atoms with Crippen LogP contribution in [-0.4, -0.2) is 62.0 Å². The van der Waals surface area contributed by atoms with Crippen LogP contribution in [0.4, 0.5) is 0 Å². The van der Waals surface area contributed by atoms with Gasteiger partial charge in [-0.05, 0) is 26.3 Å². The highest BCUT2D eigenvalue weighted by molar-refractivity contribution is 4.75. The molecule has 1 unspecified atom stereocenters. The van der Waals surface area contributed by atoms with Gasteiger partial charge in [0.15, 0.2) is 0 Å². The fourth-order valence-electron chi connectivity index (χ4n) is 2.58. The van der Waals surface area contributed by atoms with Crippen LogP contribution in [0.15, 0.2) is 0 Å². The Kier molecular flexibility index (Phi) is 9.43. The van der Waals surface area contributed by atoms with E-state index >= 15 is 0 Å². The molecule has 19 heavy (non-hydrogen) atoms. The first-order chi connectivity index (χ1) is 9.24. The summed E-state index contributed by atoms with van der Waals surface area (Å²) in [6.45, 7) is 5.99. The average Bonchev–Trinajstić information content (AvgIpc) is 2.93. The summed E-state index contributed by atoms with van der Waals surface area (Å²) in [4.78, 5) is 2.45. The van der Waals surface area contributed by atoms with E-state index in [4.69, 9.17) is 4.74 Å². The van der Waals surface area contributed by atoms with E-state index in [2.05, 4.69) is 24.2 Å². The van der Waals surface area contributed by atoms with Gasteiger partial charge in [0.05, 0.1) is 12.7 Å². The maximum Gasteiger partial charge on any atom is 0.0897 e. The Balaban J connectivity index is 1.91. The molecule has 0 radical (unpaired) electrons. The molecule has 1 rings (SSSR count). The molecular weight excluding hydrogens is 240 g/mol. The molecule has 114 valence electrons. The van der Waals surface area contributed by atoms with E-state index < -0.39 is 0 Å². The highest BCUT2D eigenvalue weighted by Crippen LogP contribution is 2.21. The molecule has 0 bridgehead atoms. The molecule has 2 N–H and O–H groups in total. The van der Waals surface area contributed by atoms with Gasteiger partial charge in [0.25, 0.3) is 0 Å². The summed E-state index contributed by atoms with van der Waals surface area (Å²) in [5, 5.41) is 13.0. The van der Waals surface area contributed by atoms with Crippen molar-refractivity contribution >= 4 is 0 Å². The lowest BCUT2D eigenvalue weighted by Crippen LogP contribution is -2.38. The number of unbranched alkanes of at least 4 members (excludes halogenated alkanes) is 1. The highest BCUT2D eigenvalue weighted by atomic mass is 16.5. The third kappa shape index (κ3) is 7.88. The number of likely N-dealkylation sites (N-methyl/N-ethyl adjacent to an activating group) is 1. The van der Waals surface area contributed by atoms with Gasteiger partial charge in [0, 0.05) is 32.3 Å². The summed E-state index contributed by atoms with van der Waals surface area (Å²) < 4.78 is 5.39. The quantitative estimate of drug-likeness (QED) is 0.561. The molecule has 4 heteroatoms. The lowest BCUT2D eigenvalue weighted by atomic mass is 10.2. The molecule has 4 nitrogen and oxygen atoms in total. The molecule has 0 saturated heterocycles. The Morgan fingerprint density at radius 1 is 1.37 bits per heavy atom. The van der Waals surface area contributed by atoms with Crippen molar-refractivity contribution in [1.82, 2.24) is 10.2 Å². The Morgan fingerprint density at radius 3 is 2.79 bits per heavy atom. The van der Waals surface area contributed by atoms with Crippen molar-refractivity contribution in [3.63, 3.8) is 0 Å². The van der Waals surface area contributed by atoms with Gasteiger partial charge in [-0.25, -0.2) is 0 Å². The number of nitrogens with zero attached hydrogens (tertiary/aromatic N) is 1. The third-order valence-corrected chi connectivity index (χ3v) is 3.92. The number of hydrogen-bond acceptors (Lipinski definition) is 4. The molecule has 0 heterocycles. The van der Waals surface area contributed by atoms with E-state index in [1.807, 2.05) is 0 Å². The summed E-state index contributed by atoms with van der Waals surface area (Å²) in [6, 6.07) is 0.782. The highest BCUT2D eigenvalue weighted by Gasteiger charge is 2.18. The number of aliphatic hydroxyl groups is 1. The van der Waals surface area contributed by atoms with Crippen LogP contribution < -0.4 is 5.32 Å². The molecule has 1 atom stereocenters. The Morgan fingerprint density at radius 2 is 2.11 bits per heavy atom. The van der Waals surface area contributed by atoms with Gasteiger partial charge in [-0.3, -0.25) is 0 Å². The van der Waals surface area contributed by atoms with Crippen LogP contribution in [0.5, 0.6) is 0 Å². The van der Waals surface area contributed by atoms with Gasteiger partial charge in [-0.1, -0.05) is 26.2 Å². The largest absolute Gasteiger partial charge is 0.389 e. The summed E-state index contributed by atoms with van der Waals surface area (Å²) in [7, 11) is 2.21. The number of nitrogens with one attached hydrogen (secondary N) is 1. The second kappa shape index (κ2) is 10.6. The first-order valence-electron chi connectivity index (χ1n) is 7.90. The standard InChI is InChI=1S/C15H32N2O2/c1-3-4-11-19-13-15(18)12-16-9-10-17(2)14-7-5-6-8-14/h14-16,18H,3-13H2,1-2H3. The Hall–Kier alpha value is -0.160. The minimum Gasteiger partial charge on any atom is -0.389 e. The van der Waals surface area contributed by atoms with Crippen molar-refractivity contribution < 1.29 is 9.84 Å². The predicted octanol–water partition coefficient (Wildman–Crippen LogP) is 1.63. The normalized spacial score (nSPS) is 18.3. The van der Waals surface area contributed by atoms with Gasteiger partial charge in [-0.2, -0.15) is 0 Å². The molecule has 0 aliphatic heterocycles. The van der Waals surface area contributed by atoms with E-state index in [0.717, 1.165) is 38.6 Å². The first-order valence-corrected chi connectivity index (χ1v) is 7.90. The SMILES string of the molecule is CCCCOCC(O)CNCCN(C)C1CCCC1. The van der Waals surface area contributed by atoms with Crippen molar-refractivity contribution in [2.24, 2.45) is 0 Å². The number of hydrogen-bond donors (Lipinski definition) is 2. The fraction of sp³-hybridized carbons (Fsp3) is 1.00. The van der Waals surface area contributed by atoms with Crippen LogP contribution in [0, 0.1) is 0 Å². The maximum absolute atomic E-state index is 9.72. The first kappa shape index (κ1) is 16.9. The van der Waals surface area contributed by atoms with Crippen LogP contribution in [0.25, 0.3) is 0 Å². The molecule has 1 aliphatic carbocycles. The van der Waals surface area contributed by atoms with Gasteiger partial charge in [0.2, 0.25) is 0 Å². The molecule has 0 aromatic carbocycles. The summed E-state index contributed by atoms with van der Waals surface area (Å²) >= 11 is 0. The van der Waals surface area contributed by atoms with Crippen LogP contribution in [-0.2, 0) is 4.74 Å². The summed E-state index contributed by atoms with van der Waals surface area (Å²) in [5.41, 5.74) is 0. The van der Waals surface area contributed by atoms with Crippen molar-refractivity contribution in [3.05, 3.63) is 0 Å². The van der Waals surface area contributed by atoms with E-state index in [0.29, 0.717) is 13.2 Å². The summed E-state index contributed by atoms with van der Waals surface area (Å²) in [6.07, 6.45) is 7.31. The minimum atomic E-state index is -0.381. The number of aliphatic hydroxyl groups excluding tert-OH is 1. The maximum atomic E-state index is 9.72. The molecule has 0 aromatic rings. The molecule has 1 aliphatic rings. The van der Waals surface area contributed by atoms with Gasteiger partial charge in [0.1, 0.15) is 0 Å². The molecule has 0 spiro atoms. The van der Waals surface area contributed by atoms with Gasteiger partial charge in [-0.15, -0.1) is 0 Å². The fourth-order valence-corrected chi connectivity index (χ4v) is 2.58. The zero-order valence-electron chi connectivity index (χ0n) is 12.7. The minimum absolute atomic E-state index is 0.381. The van der Waals surface area contributed by atoms with Crippen molar-refractivity contribution in [1.29, 1.82) is 0 Å². The smallest absolute Gasteiger partial charge is 0.0897 e. The van der Waals surface area contributed by atoms with E-state index in [1.54, 1.807) is 0 Å². The van der Waals surface area contributed by atoms with Crippen molar-refractivity contribution in [2.75, 3.05) is 39.9 Å². The Bertz CT molecular complexity index is 208. The molecule has 1 saturated carbocycles. The van der Waals surface area contributed by atoms with Crippen LogP contribution in [0.1, 0.15) is 45.4 Å². The van der Waals surface area contributed by atoms with Gasteiger partial charge >= 0.3 is 0 Å². The topological polar surface area (TPSA) is 44.7 Å². The molecule has 0 amide bonds. The average molecular weight is 272 g/mol. The molecular formula is C15H32N2O2. The van der Waals surface area contributed by atoms with Crippen LogP contribution in [0.2, 0.25) is 0 Å². The lowest BCUT2D eigenvalue weighted by Gasteiger charge is -2.24. The third-order valence-electron chi connectivity index (χ3n) is 3.92. The van der Waals surface area contributed by atoms with E-state index in [9.17, 15) is 5.11 Å². The van der Waals surface area contributed by atoms with E-state index in [-0.39, 0.29) is 6.10 Å².